The molecule has 0 bridgehead atoms. The number of carbonyl (C=O) groups excluding carboxylic acids is 2. The Morgan fingerprint density at radius 3 is 2.70 bits per heavy atom. The number of likely N-dealkylation sites (tertiary alicyclic amines) is 1. The van der Waals surface area contributed by atoms with Crippen LogP contribution in [0.1, 0.15) is 44.6 Å². The van der Waals surface area contributed by atoms with Gasteiger partial charge >= 0.3 is 5.97 Å². The molecule has 5 nitrogen and oxygen atoms in total. The fourth-order valence-electron chi connectivity index (χ4n) is 4.53. The maximum absolute atomic E-state index is 12.9. The van der Waals surface area contributed by atoms with Crippen LogP contribution in [0.3, 0.4) is 0 Å². The molecule has 2 fully saturated rings. The van der Waals surface area contributed by atoms with Crippen LogP contribution in [0.15, 0.2) is 42.5 Å². The lowest BCUT2D eigenvalue weighted by Crippen LogP contribution is -2.43. The number of rotatable bonds is 8. The highest BCUT2D eigenvalue weighted by molar-refractivity contribution is 5.85. The summed E-state index contributed by atoms with van der Waals surface area (Å²) in [6.07, 6.45) is 4.63. The number of fused-ring (bicyclic) bond motifs is 1. The minimum atomic E-state index is -0.169. The molecular formula is C25H32N2O3. The summed E-state index contributed by atoms with van der Waals surface area (Å²) in [7, 11) is 0. The first kappa shape index (κ1) is 20.9. The first-order valence-corrected chi connectivity index (χ1v) is 11.3. The lowest BCUT2D eigenvalue weighted by molar-refractivity contribution is -0.151. The van der Waals surface area contributed by atoms with E-state index in [1.54, 1.807) is 0 Å². The number of hydrogen-bond donors (Lipinski definition) is 0. The summed E-state index contributed by atoms with van der Waals surface area (Å²) >= 11 is 0. The molecule has 2 aromatic carbocycles. The molecule has 0 radical (unpaired) electrons. The lowest BCUT2D eigenvalue weighted by Gasteiger charge is -2.32. The molecule has 1 aliphatic heterocycles. The Kier molecular flexibility index (Phi) is 6.68. The Balaban J connectivity index is 1.36. The molecule has 160 valence electrons. The Bertz CT molecular complexity index is 888. The van der Waals surface area contributed by atoms with Crippen LogP contribution in [-0.2, 0) is 20.9 Å². The number of esters is 1. The zero-order valence-electron chi connectivity index (χ0n) is 17.9. The third-order valence-corrected chi connectivity index (χ3v) is 6.32. The predicted molar refractivity (Wildman–Crippen MR) is 118 cm³/mol. The van der Waals surface area contributed by atoms with Gasteiger partial charge < -0.3 is 9.64 Å². The quantitative estimate of drug-likeness (QED) is 0.620. The summed E-state index contributed by atoms with van der Waals surface area (Å²) in [5.74, 6) is -0.170. The monoisotopic (exact) mass is 408 g/mol. The van der Waals surface area contributed by atoms with Gasteiger partial charge in [-0.2, -0.15) is 0 Å². The number of hydrogen-bond acceptors (Lipinski definition) is 4. The minimum absolute atomic E-state index is 0.160. The van der Waals surface area contributed by atoms with Crippen molar-refractivity contribution in [1.82, 2.24) is 9.80 Å². The highest BCUT2D eigenvalue weighted by Crippen LogP contribution is 2.30. The van der Waals surface area contributed by atoms with E-state index in [2.05, 4.69) is 47.4 Å². The zero-order chi connectivity index (χ0) is 20.9. The molecule has 1 saturated carbocycles. The van der Waals surface area contributed by atoms with Crippen LogP contribution in [0.4, 0.5) is 0 Å². The molecule has 1 aliphatic carbocycles. The molecule has 1 atom stereocenters. The number of ether oxygens (including phenoxy) is 1. The number of amides is 1. The van der Waals surface area contributed by atoms with Gasteiger partial charge in [0, 0.05) is 38.6 Å². The fourth-order valence-corrected chi connectivity index (χ4v) is 4.53. The van der Waals surface area contributed by atoms with Crippen molar-refractivity contribution in [2.24, 2.45) is 5.92 Å². The van der Waals surface area contributed by atoms with Gasteiger partial charge in [0.15, 0.2) is 0 Å². The van der Waals surface area contributed by atoms with Gasteiger partial charge in [0.2, 0.25) is 5.91 Å². The number of piperidine rings is 1. The third kappa shape index (κ3) is 5.01. The topological polar surface area (TPSA) is 49.9 Å². The molecule has 1 amide bonds. The van der Waals surface area contributed by atoms with E-state index in [0.29, 0.717) is 25.6 Å². The van der Waals surface area contributed by atoms with Crippen LogP contribution in [-0.4, -0.2) is 54.0 Å². The average molecular weight is 409 g/mol. The second kappa shape index (κ2) is 9.61. The molecular weight excluding hydrogens is 376 g/mol. The normalized spacial score (nSPS) is 19.3. The smallest absolute Gasteiger partial charge is 0.310 e. The summed E-state index contributed by atoms with van der Waals surface area (Å²) in [5.41, 5.74) is 1.33. The van der Waals surface area contributed by atoms with Crippen molar-refractivity contribution in [3.05, 3.63) is 48.0 Å². The van der Waals surface area contributed by atoms with Crippen LogP contribution in [0, 0.1) is 5.92 Å². The molecule has 30 heavy (non-hydrogen) atoms. The Hall–Kier alpha value is -2.40. The summed E-state index contributed by atoms with van der Waals surface area (Å²) in [6, 6.07) is 15.6. The van der Waals surface area contributed by atoms with Gasteiger partial charge in [0.25, 0.3) is 0 Å². The van der Waals surface area contributed by atoms with Gasteiger partial charge in [-0.05, 0) is 48.9 Å². The predicted octanol–water partition coefficient (Wildman–Crippen LogP) is 4.00. The summed E-state index contributed by atoms with van der Waals surface area (Å²) in [6.45, 7) is 5.13. The largest absolute Gasteiger partial charge is 0.466 e. The summed E-state index contributed by atoms with van der Waals surface area (Å²) in [5, 5.41) is 2.56. The average Bonchev–Trinajstić information content (AvgIpc) is 3.62. The Labute approximate surface area is 179 Å². The van der Waals surface area contributed by atoms with Crippen molar-refractivity contribution in [2.45, 2.75) is 51.6 Å². The van der Waals surface area contributed by atoms with Gasteiger partial charge in [0.05, 0.1) is 12.5 Å². The van der Waals surface area contributed by atoms with E-state index in [1.165, 1.54) is 29.2 Å². The standard InChI is InChI=1S/C25H32N2O3/c1-2-30-25(29)21-10-6-15-27(18-21)24(28)14-16-26(22-12-13-22)17-20-9-5-8-19-7-3-4-11-23(19)20/h3-5,7-9,11,21-22H,2,6,10,12-18H2,1H3. The summed E-state index contributed by atoms with van der Waals surface area (Å²) in [4.78, 5) is 29.3. The van der Waals surface area contributed by atoms with Crippen LogP contribution in [0.2, 0.25) is 0 Å². The van der Waals surface area contributed by atoms with E-state index in [-0.39, 0.29) is 17.8 Å². The molecule has 0 spiro atoms. The van der Waals surface area contributed by atoms with Gasteiger partial charge in [-0.15, -0.1) is 0 Å². The van der Waals surface area contributed by atoms with Crippen molar-refractivity contribution in [1.29, 1.82) is 0 Å². The van der Waals surface area contributed by atoms with Gasteiger partial charge in [-0.1, -0.05) is 42.5 Å². The maximum atomic E-state index is 12.9. The van der Waals surface area contributed by atoms with Gasteiger partial charge in [0.1, 0.15) is 0 Å². The van der Waals surface area contributed by atoms with E-state index in [9.17, 15) is 9.59 Å². The van der Waals surface area contributed by atoms with Crippen LogP contribution in [0.5, 0.6) is 0 Å². The van der Waals surface area contributed by atoms with E-state index in [0.717, 1.165) is 32.5 Å². The lowest BCUT2D eigenvalue weighted by atomic mass is 9.98. The molecule has 1 unspecified atom stereocenters. The Morgan fingerprint density at radius 2 is 1.90 bits per heavy atom. The third-order valence-electron chi connectivity index (χ3n) is 6.32. The Morgan fingerprint density at radius 1 is 1.10 bits per heavy atom. The fraction of sp³-hybridized carbons (Fsp3) is 0.520. The molecule has 0 aromatic heterocycles. The molecule has 1 saturated heterocycles. The maximum Gasteiger partial charge on any atom is 0.310 e. The number of carbonyl (C=O) groups is 2. The van der Waals surface area contributed by atoms with Crippen molar-refractivity contribution >= 4 is 22.6 Å². The van der Waals surface area contributed by atoms with Crippen molar-refractivity contribution in [3.8, 4) is 0 Å². The molecule has 4 rings (SSSR count). The van der Waals surface area contributed by atoms with Crippen molar-refractivity contribution < 1.29 is 14.3 Å². The molecule has 5 heteroatoms. The molecule has 2 aromatic rings. The minimum Gasteiger partial charge on any atom is -0.466 e. The first-order valence-electron chi connectivity index (χ1n) is 11.3. The van der Waals surface area contributed by atoms with Crippen molar-refractivity contribution in [2.75, 3.05) is 26.2 Å². The molecule has 0 N–H and O–H groups in total. The SMILES string of the molecule is CCOC(=O)C1CCCN(C(=O)CCN(Cc2cccc3ccccc23)C2CC2)C1. The molecule has 2 aliphatic rings. The highest BCUT2D eigenvalue weighted by atomic mass is 16.5. The van der Waals surface area contributed by atoms with Crippen LogP contribution in [0.25, 0.3) is 10.8 Å². The van der Waals surface area contributed by atoms with Gasteiger partial charge in [-0.25, -0.2) is 0 Å². The van der Waals surface area contributed by atoms with E-state index in [4.69, 9.17) is 4.74 Å². The second-order valence-corrected chi connectivity index (χ2v) is 8.52. The number of benzene rings is 2. The van der Waals surface area contributed by atoms with E-state index in [1.807, 2.05) is 11.8 Å². The van der Waals surface area contributed by atoms with Gasteiger partial charge in [-0.3, -0.25) is 14.5 Å². The van der Waals surface area contributed by atoms with E-state index >= 15 is 0 Å². The van der Waals surface area contributed by atoms with E-state index < -0.39 is 0 Å². The first-order chi connectivity index (χ1) is 14.7. The number of nitrogens with zero attached hydrogens (tertiary/aromatic N) is 2. The summed E-state index contributed by atoms with van der Waals surface area (Å²) < 4.78 is 5.16. The molecule has 1 heterocycles. The van der Waals surface area contributed by atoms with Crippen LogP contribution < -0.4 is 0 Å². The van der Waals surface area contributed by atoms with Crippen LogP contribution >= 0.6 is 0 Å². The zero-order valence-corrected chi connectivity index (χ0v) is 17.9. The second-order valence-electron chi connectivity index (χ2n) is 8.52. The highest BCUT2D eigenvalue weighted by Gasteiger charge is 2.32. The van der Waals surface area contributed by atoms with Crippen molar-refractivity contribution in [3.63, 3.8) is 0 Å².